The molecule has 19 heavy (non-hydrogen) atoms. The molecule has 0 spiro atoms. The summed E-state index contributed by atoms with van der Waals surface area (Å²) in [5, 5.41) is 20.4. The van der Waals surface area contributed by atoms with E-state index in [0.717, 1.165) is 0 Å². The molecular weight excluding hydrogens is 268 g/mol. The summed E-state index contributed by atoms with van der Waals surface area (Å²) in [5.41, 5.74) is 1.13. The normalized spacial score (nSPS) is 25.4. The Labute approximate surface area is 110 Å². The summed E-state index contributed by atoms with van der Waals surface area (Å²) in [6, 6.07) is 6.73. The van der Waals surface area contributed by atoms with Crippen LogP contribution in [0.15, 0.2) is 24.3 Å². The molecule has 1 heterocycles. The number of carboxylic acid groups (broad SMARTS) is 1. The maximum atomic E-state index is 11.7. The molecule has 2 rings (SSSR count). The smallest absolute Gasteiger partial charge is 0.321 e. The number of nitriles is 1. The molecule has 1 aromatic carbocycles. The van der Waals surface area contributed by atoms with E-state index in [0.29, 0.717) is 11.1 Å². The monoisotopic (exact) mass is 280 g/mol. The van der Waals surface area contributed by atoms with Gasteiger partial charge >= 0.3 is 5.97 Å². The number of aliphatic carboxylic acids is 1. The van der Waals surface area contributed by atoms with Crippen LogP contribution in [0.25, 0.3) is 0 Å². The molecule has 2 N–H and O–H groups in total. The van der Waals surface area contributed by atoms with Crippen LogP contribution in [0.4, 0.5) is 0 Å². The summed E-state index contributed by atoms with van der Waals surface area (Å²) in [5.74, 6) is -1.71. The van der Waals surface area contributed by atoms with Gasteiger partial charge in [-0.3, -0.25) is 10.1 Å². The Hall–Kier alpha value is -1.91. The average molecular weight is 280 g/mol. The van der Waals surface area contributed by atoms with Crippen molar-refractivity contribution in [1.82, 2.24) is 5.32 Å². The lowest BCUT2D eigenvalue weighted by atomic mass is 10.1. The van der Waals surface area contributed by atoms with Crippen LogP contribution in [0.2, 0.25) is 0 Å². The molecule has 0 amide bonds. The van der Waals surface area contributed by atoms with Gasteiger partial charge < -0.3 is 5.11 Å². The number of benzene rings is 1. The minimum absolute atomic E-state index is 0.136. The van der Waals surface area contributed by atoms with Crippen LogP contribution in [-0.2, 0) is 14.6 Å². The predicted molar refractivity (Wildman–Crippen MR) is 67.1 cm³/mol. The quantitative estimate of drug-likeness (QED) is 0.794. The third-order valence-corrected chi connectivity index (χ3v) is 4.67. The predicted octanol–water partition coefficient (Wildman–Crippen LogP) is 0.0706. The number of rotatable bonds is 2. The van der Waals surface area contributed by atoms with E-state index in [1.54, 1.807) is 24.3 Å². The van der Waals surface area contributed by atoms with Crippen LogP contribution < -0.4 is 5.32 Å². The third-order valence-electron chi connectivity index (χ3n) is 2.98. The van der Waals surface area contributed by atoms with Crippen LogP contribution in [-0.4, -0.2) is 37.0 Å². The first-order valence-corrected chi connectivity index (χ1v) is 7.43. The molecule has 0 bridgehead atoms. The minimum atomic E-state index is -3.40. The molecule has 7 heteroatoms. The Kier molecular flexibility index (Phi) is 3.55. The molecule has 1 aliphatic rings. The van der Waals surface area contributed by atoms with Crippen molar-refractivity contribution in [3.8, 4) is 6.07 Å². The van der Waals surface area contributed by atoms with Gasteiger partial charge in [0.25, 0.3) is 0 Å². The number of nitrogens with one attached hydrogen (secondary N) is 1. The fraction of sp³-hybridized carbons (Fsp3) is 0.333. The SMILES string of the molecule is N#Cc1ccc(C2CS(=O)(=O)CC(C(=O)O)N2)cc1. The number of hydrogen-bond acceptors (Lipinski definition) is 5. The minimum Gasteiger partial charge on any atom is -0.480 e. The highest BCUT2D eigenvalue weighted by Gasteiger charge is 2.35. The van der Waals surface area contributed by atoms with Gasteiger partial charge in [0.1, 0.15) is 6.04 Å². The van der Waals surface area contributed by atoms with Crippen LogP contribution >= 0.6 is 0 Å². The Morgan fingerprint density at radius 2 is 1.95 bits per heavy atom. The van der Waals surface area contributed by atoms with Gasteiger partial charge in [0, 0.05) is 6.04 Å². The van der Waals surface area contributed by atoms with Crippen molar-refractivity contribution in [2.45, 2.75) is 12.1 Å². The first-order chi connectivity index (χ1) is 8.91. The van der Waals surface area contributed by atoms with Crippen molar-refractivity contribution in [1.29, 1.82) is 5.26 Å². The van der Waals surface area contributed by atoms with E-state index >= 15 is 0 Å². The summed E-state index contributed by atoms with van der Waals surface area (Å²) in [7, 11) is -3.40. The lowest BCUT2D eigenvalue weighted by Crippen LogP contribution is -2.51. The number of hydrogen-bond donors (Lipinski definition) is 2. The van der Waals surface area contributed by atoms with Crippen molar-refractivity contribution in [3.63, 3.8) is 0 Å². The van der Waals surface area contributed by atoms with E-state index in [-0.39, 0.29) is 5.75 Å². The fourth-order valence-electron chi connectivity index (χ4n) is 2.04. The maximum Gasteiger partial charge on any atom is 0.321 e. The standard InChI is InChI=1S/C12H12N2O4S/c13-5-8-1-3-9(4-2-8)10-6-19(17,18)7-11(14-10)12(15)16/h1-4,10-11,14H,6-7H2,(H,15,16). The Balaban J connectivity index is 2.28. The van der Waals surface area contributed by atoms with Gasteiger partial charge in [-0.05, 0) is 17.7 Å². The molecule has 2 atom stereocenters. The summed E-state index contributed by atoms with van der Waals surface area (Å²) >= 11 is 0. The van der Waals surface area contributed by atoms with Crippen molar-refractivity contribution in [3.05, 3.63) is 35.4 Å². The van der Waals surface area contributed by atoms with E-state index in [4.69, 9.17) is 10.4 Å². The van der Waals surface area contributed by atoms with Crippen LogP contribution in [0, 0.1) is 11.3 Å². The lowest BCUT2D eigenvalue weighted by molar-refractivity contribution is -0.139. The highest BCUT2D eigenvalue weighted by molar-refractivity contribution is 7.91. The molecule has 0 aromatic heterocycles. The topological polar surface area (TPSA) is 107 Å². The van der Waals surface area contributed by atoms with Crippen molar-refractivity contribution in [2.75, 3.05) is 11.5 Å². The van der Waals surface area contributed by atoms with Gasteiger partial charge in [0.15, 0.2) is 9.84 Å². The van der Waals surface area contributed by atoms with E-state index in [9.17, 15) is 13.2 Å². The van der Waals surface area contributed by atoms with E-state index < -0.39 is 33.6 Å². The van der Waals surface area contributed by atoms with Gasteiger partial charge in [-0.2, -0.15) is 5.26 Å². The van der Waals surface area contributed by atoms with E-state index in [1.165, 1.54) is 0 Å². The van der Waals surface area contributed by atoms with Crippen LogP contribution in [0.5, 0.6) is 0 Å². The second-order valence-corrected chi connectivity index (χ2v) is 6.57. The molecular formula is C12H12N2O4S. The number of carboxylic acids is 1. The lowest BCUT2D eigenvalue weighted by Gasteiger charge is -2.28. The maximum absolute atomic E-state index is 11.7. The second kappa shape index (κ2) is 4.99. The molecule has 0 radical (unpaired) electrons. The molecule has 1 saturated heterocycles. The first kappa shape index (κ1) is 13.5. The molecule has 1 aliphatic heterocycles. The Bertz CT molecular complexity index is 631. The number of nitrogens with zero attached hydrogens (tertiary/aromatic N) is 1. The molecule has 6 nitrogen and oxygen atoms in total. The van der Waals surface area contributed by atoms with Crippen molar-refractivity contribution in [2.24, 2.45) is 0 Å². The first-order valence-electron chi connectivity index (χ1n) is 5.60. The highest BCUT2D eigenvalue weighted by Crippen LogP contribution is 2.21. The van der Waals surface area contributed by atoms with E-state index in [2.05, 4.69) is 5.32 Å². The largest absolute Gasteiger partial charge is 0.480 e. The summed E-state index contributed by atoms with van der Waals surface area (Å²) in [4.78, 5) is 10.9. The fourth-order valence-corrected chi connectivity index (χ4v) is 3.72. The van der Waals surface area contributed by atoms with Gasteiger partial charge in [-0.25, -0.2) is 8.42 Å². The van der Waals surface area contributed by atoms with Gasteiger partial charge in [0.2, 0.25) is 0 Å². The zero-order chi connectivity index (χ0) is 14.0. The second-order valence-electron chi connectivity index (χ2n) is 4.42. The van der Waals surface area contributed by atoms with Crippen molar-refractivity contribution >= 4 is 15.8 Å². The van der Waals surface area contributed by atoms with Gasteiger partial charge in [-0.15, -0.1) is 0 Å². The Morgan fingerprint density at radius 1 is 1.32 bits per heavy atom. The number of carbonyl (C=O) groups is 1. The third kappa shape index (κ3) is 3.10. The average Bonchev–Trinajstić information content (AvgIpc) is 2.37. The highest BCUT2D eigenvalue weighted by atomic mass is 32.2. The van der Waals surface area contributed by atoms with Crippen molar-refractivity contribution < 1.29 is 18.3 Å². The molecule has 0 aliphatic carbocycles. The van der Waals surface area contributed by atoms with Crippen LogP contribution in [0.3, 0.4) is 0 Å². The summed E-state index contributed by atoms with van der Waals surface area (Å²) in [6.45, 7) is 0. The zero-order valence-corrected chi connectivity index (χ0v) is 10.7. The van der Waals surface area contributed by atoms with Gasteiger partial charge in [0.05, 0.1) is 23.1 Å². The van der Waals surface area contributed by atoms with E-state index in [1.807, 2.05) is 6.07 Å². The molecule has 100 valence electrons. The summed E-state index contributed by atoms with van der Waals surface area (Å²) in [6.07, 6.45) is 0. The molecule has 1 aromatic rings. The molecule has 0 saturated carbocycles. The molecule has 1 fully saturated rings. The Morgan fingerprint density at radius 3 is 2.47 bits per heavy atom. The van der Waals surface area contributed by atoms with Gasteiger partial charge in [-0.1, -0.05) is 12.1 Å². The zero-order valence-electron chi connectivity index (χ0n) is 9.91. The number of sulfone groups is 1. The summed E-state index contributed by atoms with van der Waals surface area (Å²) < 4.78 is 23.4. The molecule has 2 unspecified atom stereocenters. The van der Waals surface area contributed by atoms with Crippen LogP contribution in [0.1, 0.15) is 17.2 Å².